The summed E-state index contributed by atoms with van der Waals surface area (Å²) in [5.41, 5.74) is 0.205. The topological polar surface area (TPSA) is 102 Å². The number of nitrogens with one attached hydrogen (secondary N) is 1. The van der Waals surface area contributed by atoms with Gasteiger partial charge in [0.1, 0.15) is 16.9 Å². The number of carbonyl (C=O) groups is 2. The van der Waals surface area contributed by atoms with E-state index in [2.05, 4.69) is 15.5 Å². The average molecular weight is 426 g/mol. The van der Waals surface area contributed by atoms with E-state index in [1.807, 2.05) is 0 Å². The average Bonchev–Trinajstić information content (AvgIpc) is 3.25. The fraction of sp³-hybridized carbons (Fsp3) is 0.176. The predicted molar refractivity (Wildman–Crippen MR) is 100 cm³/mol. The largest absolute Gasteiger partial charge is 0.478 e. The van der Waals surface area contributed by atoms with Gasteiger partial charge in [-0.05, 0) is 19.1 Å². The molecule has 3 rings (SSSR count). The molecule has 1 unspecified atom stereocenters. The standard InChI is InChI=1S/C17H14Cl2FN5O3/c1-9(25-6-10(5-21-25)17(27)28)16(26)22-15-13(19)8-24(23-15)7-11-12(18)3-2-4-14(11)20/h2-6,8-9H,7H2,1H3,(H,27,28)(H,22,23,26). The van der Waals surface area contributed by atoms with E-state index in [0.29, 0.717) is 0 Å². The number of rotatable bonds is 6. The van der Waals surface area contributed by atoms with Gasteiger partial charge in [-0.2, -0.15) is 10.2 Å². The lowest BCUT2D eigenvalue weighted by Gasteiger charge is -2.11. The van der Waals surface area contributed by atoms with Crippen molar-refractivity contribution in [1.29, 1.82) is 0 Å². The summed E-state index contributed by atoms with van der Waals surface area (Å²) in [6, 6.07) is 3.53. The van der Waals surface area contributed by atoms with E-state index in [0.717, 1.165) is 6.20 Å². The first-order valence-corrected chi connectivity index (χ1v) is 8.76. The molecule has 0 aliphatic carbocycles. The van der Waals surface area contributed by atoms with Crippen molar-refractivity contribution in [3.05, 3.63) is 63.8 Å². The highest BCUT2D eigenvalue weighted by atomic mass is 35.5. The van der Waals surface area contributed by atoms with Gasteiger partial charge >= 0.3 is 5.97 Å². The molecule has 0 aliphatic rings. The first kappa shape index (κ1) is 19.8. The zero-order chi connectivity index (χ0) is 20.4. The van der Waals surface area contributed by atoms with Crippen LogP contribution in [0.2, 0.25) is 10.0 Å². The van der Waals surface area contributed by atoms with Gasteiger partial charge in [-0.25, -0.2) is 9.18 Å². The molecule has 8 nitrogen and oxygen atoms in total. The van der Waals surface area contributed by atoms with Crippen molar-refractivity contribution >= 4 is 40.9 Å². The van der Waals surface area contributed by atoms with E-state index in [1.54, 1.807) is 6.07 Å². The summed E-state index contributed by atoms with van der Waals surface area (Å²) in [5.74, 6) is -2.05. The number of amides is 1. The molecule has 2 aromatic heterocycles. The second-order valence-electron chi connectivity index (χ2n) is 5.90. The van der Waals surface area contributed by atoms with Crippen molar-refractivity contribution < 1.29 is 19.1 Å². The maximum absolute atomic E-state index is 13.9. The Bertz CT molecular complexity index is 1030. The lowest BCUT2D eigenvalue weighted by Crippen LogP contribution is -2.24. The monoisotopic (exact) mass is 425 g/mol. The lowest BCUT2D eigenvalue weighted by molar-refractivity contribution is -0.119. The zero-order valence-corrected chi connectivity index (χ0v) is 15.9. The van der Waals surface area contributed by atoms with E-state index in [9.17, 15) is 14.0 Å². The number of nitrogens with zero attached hydrogens (tertiary/aromatic N) is 4. The summed E-state index contributed by atoms with van der Waals surface area (Å²) in [7, 11) is 0. The number of hydrogen-bond acceptors (Lipinski definition) is 4. The second-order valence-corrected chi connectivity index (χ2v) is 6.72. The first-order valence-electron chi connectivity index (χ1n) is 8.00. The molecule has 0 aliphatic heterocycles. The molecule has 0 fully saturated rings. The molecule has 0 bridgehead atoms. The molecule has 0 spiro atoms. The first-order chi connectivity index (χ1) is 13.3. The number of carboxylic acids is 1. The number of benzene rings is 1. The summed E-state index contributed by atoms with van der Waals surface area (Å²) in [6.07, 6.45) is 3.82. The Morgan fingerprint density at radius 3 is 2.68 bits per heavy atom. The molecule has 2 heterocycles. The normalized spacial score (nSPS) is 12.0. The van der Waals surface area contributed by atoms with E-state index in [1.165, 1.54) is 40.8 Å². The van der Waals surface area contributed by atoms with E-state index in [4.69, 9.17) is 28.3 Å². The summed E-state index contributed by atoms with van der Waals surface area (Å²) in [6.45, 7) is 1.57. The van der Waals surface area contributed by atoms with Crippen molar-refractivity contribution in [2.75, 3.05) is 5.32 Å². The van der Waals surface area contributed by atoms with Crippen LogP contribution in [-0.4, -0.2) is 36.5 Å². The molecule has 1 amide bonds. The van der Waals surface area contributed by atoms with E-state index in [-0.39, 0.29) is 33.5 Å². The molecule has 146 valence electrons. The third-order valence-corrected chi connectivity index (χ3v) is 4.60. The van der Waals surface area contributed by atoms with Crippen LogP contribution in [0.15, 0.2) is 36.8 Å². The van der Waals surface area contributed by atoms with Crippen LogP contribution in [0.5, 0.6) is 0 Å². The summed E-state index contributed by atoms with van der Waals surface area (Å²) < 4.78 is 16.5. The number of aromatic nitrogens is 4. The molecule has 2 N–H and O–H groups in total. The maximum atomic E-state index is 13.9. The summed E-state index contributed by atoms with van der Waals surface area (Å²) in [5, 5.41) is 19.9. The highest BCUT2D eigenvalue weighted by Gasteiger charge is 2.20. The van der Waals surface area contributed by atoms with Crippen LogP contribution in [0.1, 0.15) is 28.9 Å². The number of carboxylic acid groups (broad SMARTS) is 1. The summed E-state index contributed by atoms with van der Waals surface area (Å²) in [4.78, 5) is 23.3. The van der Waals surface area contributed by atoms with Gasteiger partial charge in [-0.1, -0.05) is 29.3 Å². The van der Waals surface area contributed by atoms with Crippen molar-refractivity contribution in [3.63, 3.8) is 0 Å². The Morgan fingerprint density at radius 1 is 1.29 bits per heavy atom. The van der Waals surface area contributed by atoms with Gasteiger partial charge < -0.3 is 10.4 Å². The van der Waals surface area contributed by atoms with Gasteiger partial charge in [0.05, 0.1) is 18.3 Å². The molecule has 1 atom stereocenters. The Balaban J connectivity index is 1.74. The Kier molecular flexibility index (Phi) is 5.66. The minimum absolute atomic E-state index is 0.0256. The Labute approximate surface area is 168 Å². The van der Waals surface area contributed by atoms with Crippen molar-refractivity contribution in [2.45, 2.75) is 19.5 Å². The molecule has 1 aromatic carbocycles. The molecule has 3 aromatic rings. The number of aromatic carboxylic acids is 1. The van der Waals surface area contributed by atoms with E-state index < -0.39 is 23.7 Å². The minimum atomic E-state index is -1.15. The van der Waals surface area contributed by atoms with Crippen molar-refractivity contribution in [1.82, 2.24) is 19.6 Å². The van der Waals surface area contributed by atoms with Gasteiger partial charge in [-0.15, -0.1) is 0 Å². The Hall–Kier alpha value is -2.91. The number of halogens is 3. The van der Waals surface area contributed by atoms with Gasteiger partial charge in [0.25, 0.3) is 0 Å². The number of anilines is 1. The SMILES string of the molecule is CC(C(=O)Nc1nn(Cc2c(F)cccc2Cl)cc1Cl)n1cc(C(=O)O)cn1. The smallest absolute Gasteiger partial charge is 0.338 e. The van der Waals surface area contributed by atoms with Crippen molar-refractivity contribution in [3.8, 4) is 0 Å². The summed E-state index contributed by atoms with van der Waals surface area (Å²) >= 11 is 12.1. The van der Waals surface area contributed by atoms with Gasteiger partial charge in [0.2, 0.25) is 5.91 Å². The fourth-order valence-corrected chi connectivity index (χ4v) is 2.83. The minimum Gasteiger partial charge on any atom is -0.478 e. The Morgan fingerprint density at radius 2 is 2.04 bits per heavy atom. The van der Waals surface area contributed by atoms with Crippen LogP contribution in [0.4, 0.5) is 10.2 Å². The third-order valence-electron chi connectivity index (χ3n) is 3.97. The van der Waals surface area contributed by atoms with Crippen molar-refractivity contribution in [2.24, 2.45) is 0 Å². The van der Waals surface area contributed by atoms with Crippen LogP contribution in [0, 0.1) is 5.82 Å². The van der Waals surface area contributed by atoms with Gasteiger partial charge in [-0.3, -0.25) is 14.2 Å². The molecular weight excluding hydrogens is 412 g/mol. The molecule has 0 saturated heterocycles. The van der Waals surface area contributed by atoms with Crippen LogP contribution >= 0.6 is 23.2 Å². The van der Waals surface area contributed by atoms with E-state index >= 15 is 0 Å². The van der Waals surface area contributed by atoms with Gasteiger partial charge in [0.15, 0.2) is 5.82 Å². The number of hydrogen-bond donors (Lipinski definition) is 2. The molecule has 0 saturated carbocycles. The third kappa shape index (κ3) is 4.15. The highest BCUT2D eigenvalue weighted by molar-refractivity contribution is 6.33. The van der Waals surface area contributed by atoms with Crippen LogP contribution in [-0.2, 0) is 11.3 Å². The highest BCUT2D eigenvalue weighted by Crippen LogP contribution is 2.24. The molecule has 11 heteroatoms. The van der Waals surface area contributed by atoms with Crippen LogP contribution in [0.25, 0.3) is 0 Å². The van der Waals surface area contributed by atoms with Gasteiger partial charge in [0, 0.05) is 23.0 Å². The zero-order valence-electron chi connectivity index (χ0n) is 14.4. The molecule has 0 radical (unpaired) electrons. The quantitative estimate of drug-likeness (QED) is 0.629. The second kappa shape index (κ2) is 7.99. The van der Waals surface area contributed by atoms with Crippen LogP contribution in [0.3, 0.4) is 0 Å². The van der Waals surface area contributed by atoms with Crippen LogP contribution < -0.4 is 5.32 Å². The fourth-order valence-electron chi connectivity index (χ4n) is 2.41. The molecular formula is C17H14Cl2FN5O3. The maximum Gasteiger partial charge on any atom is 0.338 e. The molecule has 28 heavy (non-hydrogen) atoms. The predicted octanol–water partition coefficient (Wildman–Crippen LogP) is 3.47. The number of carbonyl (C=O) groups excluding carboxylic acids is 1. The lowest BCUT2D eigenvalue weighted by atomic mass is 10.2.